The van der Waals surface area contributed by atoms with Gasteiger partial charge in [0.1, 0.15) is 5.75 Å². The number of ether oxygens (including phenoxy) is 1. The first-order chi connectivity index (χ1) is 9.21. The maximum absolute atomic E-state index is 6.31. The van der Waals surface area contributed by atoms with Crippen molar-refractivity contribution < 1.29 is 9.26 Å². The van der Waals surface area contributed by atoms with E-state index in [9.17, 15) is 0 Å². The van der Waals surface area contributed by atoms with Crippen LogP contribution in [0.15, 0.2) is 28.8 Å². The smallest absolute Gasteiger partial charge is 0.247 e. The monoisotopic (exact) mass is 259 g/mol. The van der Waals surface area contributed by atoms with Gasteiger partial charge in [-0.25, -0.2) is 0 Å². The Balaban J connectivity index is 1.92. The second-order valence-electron chi connectivity index (χ2n) is 5.02. The van der Waals surface area contributed by atoms with Crippen molar-refractivity contribution in [3.63, 3.8) is 0 Å². The number of hydrogen-bond acceptors (Lipinski definition) is 5. The van der Waals surface area contributed by atoms with E-state index in [1.807, 2.05) is 24.3 Å². The van der Waals surface area contributed by atoms with Crippen LogP contribution in [0.5, 0.6) is 5.75 Å². The van der Waals surface area contributed by atoms with Gasteiger partial charge in [0.05, 0.1) is 12.6 Å². The van der Waals surface area contributed by atoms with Gasteiger partial charge < -0.3 is 15.0 Å². The molecule has 5 heteroatoms. The van der Waals surface area contributed by atoms with Crippen molar-refractivity contribution in [3.8, 4) is 17.1 Å². The van der Waals surface area contributed by atoms with Gasteiger partial charge in [-0.15, -0.1) is 0 Å². The first-order valence-electron chi connectivity index (χ1n) is 6.49. The molecule has 2 N–H and O–H groups in total. The van der Waals surface area contributed by atoms with Crippen LogP contribution < -0.4 is 10.5 Å². The van der Waals surface area contributed by atoms with Crippen LogP contribution in [0.4, 0.5) is 0 Å². The first kappa shape index (κ1) is 12.2. The van der Waals surface area contributed by atoms with Crippen molar-refractivity contribution in [2.24, 2.45) is 5.73 Å². The van der Waals surface area contributed by atoms with E-state index in [-0.39, 0.29) is 0 Å². The molecule has 0 unspecified atom stereocenters. The molecule has 19 heavy (non-hydrogen) atoms. The van der Waals surface area contributed by atoms with E-state index >= 15 is 0 Å². The molecule has 2 aromatic rings. The van der Waals surface area contributed by atoms with Crippen molar-refractivity contribution in [2.75, 3.05) is 7.11 Å². The average molecular weight is 259 g/mol. The fourth-order valence-electron chi connectivity index (χ4n) is 2.52. The molecule has 1 saturated carbocycles. The summed E-state index contributed by atoms with van der Waals surface area (Å²) < 4.78 is 10.5. The largest absolute Gasteiger partial charge is 0.497 e. The predicted octanol–water partition coefficient (Wildman–Crippen LogP) is 2.47. The molecule has 0 aliphatic heterocycles. The Bertz CT molecular complexity index is 574. The van der Waals surface area contributed by atoms with E-state index in [1.54, 1.807) is 7.11 Å². The van der Waals surface area contributed by atoms with E-state index in [1.165, 1.54) is 0 Å². The van der Waals surface area contributed by atoms with Crippen LogP contribution in [0, 0.1) is 0 Å². The van der Waals surface area contributed by atoms with E-state index in [0.29, 0.717) is 11.7 Å². The Labute approximate surface area is 111 Å². The Hall–Kier alpha value is -1.88. The molecule has 5 nitrogen and oxygen atoms in total. The molecule has 1 fully saturated rings. The number of hydrogen-bond donors (Lipinski definition) is 1. The molecule has 0 atom stereocenters. The summed E-state index contributed by atoms with van der Waals surface area (Å²) in [5, 5.41) is 4.03. The molecular formula is C14H17N3O2. The van der Waals surface area contributed by atoms with Crippen LogP contribution in [0.3, 0.4) is 0 Å². The van der Waals surface area contributed by atoms with Crippen LogP contribution in [0.2, 0.25) is 0 Å². The third kappa shape index (κ3) is 2.21. The Morgan fingerprint density at radius 2 is 2.11 bits per heavy atom. The number of benzene rings is 1. The second kappa shape index (κ2) is 4.66. The van der Waals surface area contributed by atoms with E-state index in [2.05, 4.69) is 10.1 Å². The van der Waals surface area contributed by atoms with Crippen LogP contribution >= 0.6 is 0 Å². The Kier molecular flexibility index (Phi) is 2.98. The van der Waals surface area contributed by atoms with Crippen LogP contribution in [0.25, 0.3) is 11.4 Å². The zero-order valence-corrected chi connectivity index (χ0v) is 10.9. The Morgan fingerprint density at radius 1 is 1.32 bits per heavy atom. The highest BCUT2D eigenvalue weighted by Gasteiger charge is 2.36. The van der Waals surface area contributed by atoms with Gasteiger partial charge in [0.2, 0.25) is 11.7 Å². The lowest BCUT2D eigenvalue weighted by Gasteiger charge is -2.17. The summed E-state index contributed by atoms with van der Waals surface area (Å²) in [7, 11) is 1.63. The minimum absolute atomic E-state index is 0.440. The summed E-state index contributed by atoms with van der Waals surface area (Å²) in [6.07, 6.45) is 4.06. The molecule has 0 bridgehead atoms. The number of rotatable bonds is 3. The fourth-order valence-corrected chi connectivity index (χ4v) is 2.52. The highest BCUT2D eigenvalue weighted by molar-refractivity contribution is 5.56. The molecular weight excluding hydrogens is 242 g/mol. The van der Waals surface area contributed by atoms with Crippen LogP contribution in [0.1, 0.15) is 31.6 Å². The zero-order valence-electron chi connectivity index (χ0n) is 10.9. The predicted molar refractivity (Wildman–Crippen MR) is 70.6 cm³/mol. The maximum atomic E-state index is 6.31. The van der Waals surface area contributed by atoms with Crippen molar-refractivity contribution in [3.05, 3.63) is 30.2 Å². The van der Waals surface area contributed by atoms with E-state index in [4.69, 9.17) is 15.0 Å². The summed E-state index contributed by atoms with van der Waals surface area (Å²) >= 11 is 0. The van der Waals surface area contributed by atoms with Crippen molar-refractivity contribution in [2.45, 2.75) is 31.2 Å². The lowest BCUT2D eigenvalue weighted by atomic mass is 9.99. The third-order valence-corrected chi connectivity index (χ3v) is 3.68. The lowest BCUT2D eigenvalue weighted by Crippen LogP contribution is -2.33. The summed E-state index contributed by atoms with van der Waals surface area (Å²) in [5.41, 5.74) is 6.74. The molecule has 1 aromatic heterocycles. The molecule has 0 radical (unpaired) electrons. The number of aromatic nitrogens is 2. The molecule has 0 spiro atoms. The molecule has 100 valence electrons. The van der Waals surface area contributed by atoms with Crippen LogP contribution in [-0.2, 0) is 5.54 Å². The van der Waals surface area contributed by atoms with Gasteiger partial charge in [-0.1, -0.05) is 30.1 Å². The molecule has 0 amide bonds. The van der Waals surface area contributed by atoms with Crippen molar-refractivity contribution >= 4 is 0 Å². The first-order valence-corrected chi connectivity index (χ1v) is 6.49. The Morgan fingerprint density at radius 3 is 2.84 bits per heavy atom. The van der Waals surface area contributed by atoms with E-state index in [0.717, 1.165) is 37.0 Å². The third-order valence-electron chi connectivity index (χ3n) is 3.68. The fraction of sp³-hybridized carbons (Fsp3) is 0.429. The summed E-state index contributed by atoms with van der Waals surface area (Å²) in [4.78, 5) is 4.45. The zero-order chi connectivity index (χ0) is 13.3. The molecule has 3 rings (SSSR count). The number of methoxy groups -OCH3 is 1. The van der Waals surface area contributed by atoms with Gasteiger partial charge in [0.25, 0.3) is 0 Å². The minimum atomic E-state index is -0.440. The topological polar surface area (TPSA) is 74.2 Å². The molecule has 1 heterocycles. The molecule has 0 saturated heterocycles. The van der Waals surface area contributed by atoms with Crippen LogP contribution in [-0.4, -0.2) is 17.3 Å². The van der Waals surface area contributed by atoms with Gasteiger partial charge in [-0.3, -0.25) is 0 Å². The summed E-state index contributed by atoms with van der Waals surface area (Å²) in [6, 6.07) is 7.59. The quantitative estimate of drug-likeness (QED) is 0.916. The van der Waals surface area contributed by atoms with Gasteiger partial charge in [-0.05, 0) is 25.0 Å². The maximum Gasteiger partial charge on any atom is 0.247 e. The lowest BCUT2D eigenvalue weighted by molar-refractivity contribution is 0.285. The summed E-state index contributed by atoms with van der Waals surface area (Å²) in [6.45, 7) is 0. The van der Waals surface area contributed by atoms with Gasteiger partial charge in [0, 0.05) is 5.56 Å². The molecule has 1 aliphatic rings. The standard InChI is InChI=1S/C14H17N3O2/c1-18-11-6-4-5-10(9-11)12-16-13(19-17-12)14(15)7-2-3-8-14/h4-6,9H,2-3,7-8,15H2,1H3. The molecule has 1 aromatic carbocycles. The highest BCUT2D eigenvalue weighted by atomic mass is 16.5. The molecule has 1 aliphatic carbocycles. The SMILES string of the molecule is COc1cccc(-c2noc(C3(N)CCCC3)n2)c1. The van der Waals surface area contributed by atoms with Gasteiger partial charge in [-0.2, -0.15) is 4.98 Å². The average Bonchev–Trinajstić information content (AvgIpc) is 3.08. The van der Waals surface area contributed by atoms with Crippen molar-refractivity contribution in [1.29, 1.82) is 0 Å². The van der Waals surface area contributed by atoms with Gasteiger partial charge in [0.15, 0.2) is 0 Å². The normalized spacial score (nSPS) is 17.6. The second-order valence-corrected chi connectivity index (χ2v) is 5.02. The summed E-state index contributed by atoms with van der Waals surface area (Å²) in [5.74, 6) is 1.88. The minimum Gasteiger partial charge on any atom is -0.497 e. The number of nitrogens with zero attached hydrogens (tertiary/aromatic N) is 2. The highest BCUT2D eigenvalue weighted by Crippen LogP contribution is 2.36. The number of nitrogens with two attached hydrogens (primary N) is 1. The van der Waals surface area contributed by atoms with E-state index < -0.39 is 5.54 Å². The van der Waals surface area contributed by atoms with Gasteiger partial charge >= 0.3 is 0 Å². The van der Waals surface area contributed by atoms with Crippen molar-refractivity contribution in [1.82, 2.24) is 10.1 Å².